The average molecular weight is 327 g/mol. The van der Waals surface area contributed by atoms with Crippen LogP contribution in [-0.4, -0.2) is 44.6 Å². The number of hydrogen-bond acceptors (Lipinski definition) is 3. The highest BCUT2D eigenvalue weighted by atomic mass is 35.5. The standard InChI is InChI=1S/C17H26N2O2.ClH/c1-18-12-14-6-5-11-19(13-14)17(20)10-9-15-7-3-4-8-16(15)21-2;/h3-4,7-8,14,18H,5-6,9-13H2,1-2H3;1H. The Hall–Kier alpha value is -1.26. The third-order valence-electron chi connectivity index (χ3n) is 4.17. The van der Waals surface area contributed by atoms with Gasteiger partial charge in [0.1, 0.15) is 5.75 Å². The number of piperidine rings is 1. The lowest BCUT2D eigenvalue weighted by Crippen LogP contribution is -2.42. The predicted molar refractivity (Wildman–Crippen MR) is 91.8 cm³/mol. The first kappa shape index (κ1) is 18.8. The van der Waals surface area contributed by atoms with Gasteiger partial charge >= 0.3 is 0 Å². The molecule has 1 fully saturated rings. The van der Waals surface area contributed by atoms with Crippen LogP contribution in [0.4, 0.5) is 0 Å². The molecule has 0 aliphatic carbocycles. The maximum absolute atomic E-state index is 12.4. The van der Waals surface area contributed by atoms with Crippen LogP contribution in [-0.2, 0) is 11.2 Å². The van der Waals surface area contributed by atoms with Gasteiger partial charge in [-0.25, -0.2) is 0 Å². The second kappa shape index (κ2) is 9.70. The van der Waals surface area contributed by atoms with Crippen molar-refractivity contribution in [2.24, 2.45) is 5.92 Å². The topological polar surface area (TPSA) is 41.6 Å². The summed E-state index contributed by atoms with van der Waals surface area (Å²) in [7, 11) is 3.65. The molecular weight excluding hydrogens is 300 g/mol. The van der Waals surface area contributed by atoms with Crippen molar-refractivity contribution >= 4 is 18.3 Å². The summed E-state index contributed by atoms with van der Waals surface area (Å²) in [4.78, 5) is 14.4. The highest BCUT2D eigenvalue weighted by Gasteiger charge is 2.22. The number of para-hydroxylation sites is 1. The molecule has 124 valence electrons. The van der Waals surface area contributed by atoms with E-state index in [2.05, 4.69) is 5.32 Å². The number of ether oxygens (including phenoxy) is 1. The fourth-order valence-electron chi connectivity index (χ4n) is 3.06. The number of nitrogens with zero attached hydrogens (tertiary/aromatic N) is 1. The van der Waals surface area contributed by atoms with Crippen molar-refractivity contribution in [3.05, 3.63) is 29.8 Å². The molecule has 1 aromatic carbocycles. The number of benzene rings is 1. The monoisotopic (exact) mass is 326 g/mol. The molecule has 0 spiro atoms. The second-order valence-corrected chi connectivity index (χ2v) is 5.72. The van der Waals surface area contributed by atoms with Gasteiger partial charge in [0.2, 0.25) is 5.91 Å². The lowest BCUT2D eigenvalue weighted by atomic mass is 9.97. The molecule has 4 nitrogen and oxygen atoms in total. The maximum atomic E-state index is 12.4. The summed E-state index contributed by atoms with van der Waals surface area (Å²) in [5.41, 5.74) is 1.11. The van der Waals surface area contributed by atoms with Crippen LogP contribution in [0.25, 0.3) is 0 Å². The summed E-state index contributed by atoms with van der Waals surface area (Å²) in [6.45, 7) is 2.80. The Balaban J connectivity index is 0.00000242. The summed E-state index contributed by atoms with van der Waals surface area (Å²) < 4.78 is 5.34. The summed E-state index contributed by atoms with van der Waals surface area (Å²) in [5.74, 6) is 1.73. The SMILES string of the molecule is CNCC1CCCN(C(=O)CCc2ccccc2OC)C1.Cl. The van der Waals surface area contributed by atoms with Crippen molar-refractivity contribution in [2.75, 3.05) is 33.8 Å². The molecule has 1 aromatic rings. The van der Waals surface area contributed by atoms with E-state index in [1.54, 1.807) is 7.11 Å². The summed E-state index contributed by atoms with van der Waals surface area (Å²) in [6, 6.07) is 7.93. The van der Waals surface area contributed by atoms with Crippen molar-refractivity contribution in [1.29, 1.82) is 0 Å². The number of hydrogen-bond donors (Lipinski definition) is 1. The minimum Gasteiger partial charge on any atom is -0.496 e. The first-order valence-electron chi connectivity index (χ1n) is 7.79. The van der Waals surface area contributed by atoms with Gasteiger partial charge in [0, 0.05) is 19.5 Å². The van der Waals surface area contributed by atoms with Crippen molar-refractivity contribution in [3.63, 3.8) is 0 Å². The molecule has 1 aliphatic heterocycles. The molecule has 1 N–H and O–H groups in total. The zero-order valence-electron chi connectivity index (χ0n) is 13.5. The number of amides is 1. The van der Waals surface area contributed by atoms with Gasteiger partial charge < -0.3 is 15.0 Å². The van der Waals surface area contributed by atoms with Crippen LogP contribution < -0.4 is 10.1 Å². The smallest absolute Gasteiger partial charge is 0.222 e. The summed E-state index contributed by atoms with van der Waals surface area (Å²) in [6.07, 6.45) is 3.65. The fourth-order valence-corrected chi connectivity index (χ4v) is 3.06. The number of rotatable bonds is 6. The van der Waals surface area contributed by atoms with Crippen LogP contribution in [0.3, 0.4) is 0 Å². The third-order valence-corrected chi connectivity index (χ3v) is 4.17. The van der Waals surface area contributed by atoms with Crippen LogP contribution >= 0.6 is 12.4 Å². The van der Waals surface area contributed by atoms with Crippen molar-refractivity contribution in [1.82, 2.24) is 10.2 Å². The molecule has 22 heavy (non-hydrogen) atoms. The number of carbonyl (C=O) groups excluding carboxylic acids is 1. The average Bonchev–Trinajstić information content (AvgIpc) is 2.53. The quantitative estimate of drug-likeness (QED) is 0.873. The van der Waals surface area contributed by atoms with Gasteiger partial charge in [-0.1, -0.05) is 18.2 Å². The van der Waals surface area contributed by atoms with Gasteiger partial charge in [-0.3, -0.25) is 4.79 Å². The van der Waals surface area contributed by atoms with E-state index in [4.69, 9.17) is 4.74 Å². The molecule has 1 aliphatic rings. The number of halogens is 1. The minimum atomic E-state index is 0. The number of methoxy groups -OCH3 is 1. The first-order chi connectivity index (χ1) is 10.2. The van der Waals surface area contributed by atoms with E-state index in [9.17, 15) is 4.79 Å². The molecule has 1 unspecified atom stereocenters. The van der Waals surface area contributed by atoms with Gasteiger partial charge in [0.15, 0.2) is 0 Å². The van der Waals surface area contributed by atoms with Crippen LogP contribution in [0.2, 0.25) is 0 Å². The number of nitrogens with one attached hydrogen (secondary N) is 1. The lowest BCUT2D eigenvalue weighted by molar-refractivity contribution is -0.132. The normalized spacial score (nSPS) is 17.7. The van der Waals surface area contributed by atoms with E-state index >= 15 is 0 Å². The Bertz CT molecular complexity index is 466. The summed E-state index contributed by atoms with van der Waals surface area (Å²) >= 11 is 0. The molecule has 0 saturated carbocycles. The molecular formula is C17H27ClN2O2. The van der Waals surface area contributed by atoms with E-state index in [0.717, 1.165) is 43.8 Å². The third kappa shape index (κ3) is 5.18. The molecule has 2 rings (SSSR count). The van der Waals surface area contributed by atoms with Gasteiger partial charge in [-0.15, -0.1) is 12.4 Å². The minimum absolute atomic E-state index is 0. The zero-order valence-corrected chi connectivity index (χ0v) is 14.3. The molecule has 0 radical (unpaired) electrons. The van der Waals surface area contributed by atoms with Crippen LogP contribution in [0.15, 0.2) is 24.3 Å². The summed E-state index contributed by atoms with van der Waals surface area (Å²) in [5, 5.41) is 3.22. The number of carbonyl (C=O) groups is 1. The molecule has 0 bridgehead atoms. The van der Waals surface area contributed by atoms with E-state index in [1.807, 2.05) is 36.2 Å². The Labute approximate surface area is 139 Å². The van der Waals surface area contributed by atoms with E-state index in [-0.39, 0.29) is 18.3 Å². The van der Waals surface area contributed by atoms with E-state index in [0.29, 0.717) is 12.3 Å². The first-order valence-corrected chi connectivity index (χ1v) is 7.79. The van der Waals surface area contributed by atoms with E-state index in [1.165, 1.54) is 6.42 Å². The van der Waals surface area contributed by atoms with Crippen molar-refractivity contribution < 1.29 is 9.53 Å². The zero-order chi connectivity index (χ0) is 15.1. The molecule has 1 atom stereocenters. The van der Waals surface area contributed by atoms with E-state index < -0.39 is 0 Å². The predicted octanol–water partition coefficient (Wildman–Crippen LogP) is 2.51. The molecule has 1 amide bonds. The van der Waals surface area contributed by atoms with Gasteiger partial charge in [0.05, 0.1) is 7.11 Å². The number of likely N-dealkylation sites (tertiary alicyclic amines) is 1. The molecule has 1 heterocycles. The van der Waals surface area contributed by atoms with Crippen LogP contribution in [0.5, 0.6) is 5.75 Å². The van der Waals surface area contributed by atoms with Gasteiger partial charge in [-0.2, -0.15) is 0 Å². The van der Waals surface area contributed by atoms with Gasteiger partial charge in [0.25, 0.3) is 0 Å². The molecule has 5 heteroatoms. The van der Waals surface area contributed by atoms with Crippen molar-refractivity contribution in [2.45, 2.75) is 25.7 Å². The number of aryl methyl sites for hydroxylation is 1. The Morgan fingerprint density at radius 3 is 2.91 bits per heavy atom. The highest BCUT2D eigenvalue weighted by Crippen LogP contribution is 2.21. The highest BCUT2D eigenvalue weighted by molar-refractivity contribution is 5.85. The fraction of sp³-hybridized carbons (Fsp3) is 0.588. The van der Waals surface area contributed by atoms with Crippen LogP contribution in [0.1, 0.15) is 24.8 Å². The lowest BCUT2D eigenvalue weighted by Gasteiger charge is -2.32. The second-order valence-electron chi connectivity index (χ2n) is 5.72. The van der Waals surface area contributed by atoms with Gasteiger partial charge in [-0.05, 0) is 50.4 Å². The van der Waals surface area contributed by atoms with Crippen molar-refractivity contribution in [3.8, 4) is 5.75 Å². The maximum Gasteiger partial charge on any atom is 0.222 e. The Morgan fingerprint density at radius 2 is 2.18 bits per heavy atom. The largest absolute Gasteiger partial charge is 0.496 e. The molecule has 0 aromatic heterocycles. The Kier molecular flexibility index (Phi) is 8.28. The Morgan fingerprint density at radius 1 is 1.41 bits per heavy atom. The van der Waals surface area contributed by atoms with Crippen LogP contribution in [0, 0.1) is 5.92 Å². The molecule has 1 saturated heterocycles.